The first-order valence-electron chi connectivity index (χ1n) is 5.25. The van der Waals surface area contributed by atoms with Gasteiger partial charge in [0.25, 0.3) is 0 Å². The minimum Gasteiger partial charge on any atom is -0.491 e. The highest BCUT2D eigenvalue weighted by molar-refractivity contribution is 5.47. The van der Waals surface area contributed by atoms with E-state index in [1.807, 2.05) is 0 Å². The summed E-state index contributed by atoms with van der Waals surface area (Å²) in [5.74, 6) is 1.59. The number of nitrogens with two attached hydrogens (primary N) is 1. The van der Waals surface area contributed by atoms with E-state index in [9.17, 15) is 0 Å². The predicted molar refractivity (Wildman–Crippen MR) is 57.6 cm³/mol. The largest absolute Gasteiger partial charge is 0.491 e. The van der Waals surface area contributed by atoms with Gasteiger partial charge in [0.15, 0.2) is 0 Å². The Bertz CT molecular complexity index is 335. The van der Waals surface area contributed by atoms with Crippen LogP contribution in [0.4, 0.5) is 0 Å². The highest BCUT2D eigenvalue weighted by Crippen LogP contribution is 2.38. The van der Waals surface area contributed by atoms with Crippen molar-refractivity contribution in [3.63, 3.8) is 0 Å². The lowest BCUT2D eigenvalue weighted by molar-refractivity contribution is 0.329. The third-order valence-electron chi connectivity index (χ3n) is 3.03. The van der Waals surface area contributed by atoms with E-state index in [1.165, 1.54) is 11.1 Å². The molecule has 0 fully saturated rings. The Balaban J connectivity index is 2.43. The first-order valence-corrected chi connectivity index (χ1v) is 5.25. The molecule has 0 radical (unpaired) electrons. The zero-order valence-electron chi connectivity index (χ0n) is 8.79. The second-order valence-electron chi connectivity index (χ2n) is 3.99. The number of para-hydroxylation sites is 1. The van der Waals surface area contributed by atoms with Crippen LogP contribution in [-0.4, -0.2) is 6.61 Å². The van der Waals surface area contributed by atoms with Crippen molar-refractivity contribution in [2.45, 2.75) is 32.2 Å². The molecule has 1 aliphatic rings. The first-order chi connectivity index (χ1) is 6.74. The summed E-state index contributed by atoms with van der Waals surface area (Å²) in [4.78, 5) is 0. The van der Waals surface area contributed by atoms with Crippen LogP contribution in [0.25, 0.3) is 0 Å². The Morgan fingerprint density at radius 2 is 2.36 bits per heavy atom. The van der Waals surface area contributed by atoms with Gasteiger partial charge in [0.1, 0.15) is 12.4 Å². The molecule has 0 bridgehead atoms. The van der Waals surface area contributed by atoms with Crippen molar-refractivity contribution in [3.05, 3.63) is 29.3 Å². The first kappa shape index (κ1) is 9.53. The van der Waals surface area contributed by atoms with E-state index in [0.717, 1.165) is 12.2 Å². The van der Waals surface area contributed by atoms with Crippen molar-refractivity contribution in [1.82, 2.24) is 0 Å². The number of ether oxygens (including phenoxy) is 1. The molecular formula is C12H17NO. The molecular weight excluding hydrogens is 174 g/mol. The molecule has 2 heteroatoms. The Kier molecular flexibility index (Phi) is 2.46. The standard InChI is InChI=1S/C12H17NO/c1-3-8(2)9-5-4-6-10-11(13)7-14-12(9)10/h4-6,8,11H,3,7,13H2,1-2H3. The Morgan fingerprint density at radius 1 is 1.57 bits per heavy atom. The summed E-state index contributed by atoms with van der Waals surface area (Å²) in [6.07, 6.45) is 1.13. The molecule has 0 saturated heterocycles. The number of hydrogen-bond donors (Lipinski definition) is 1. The van der Waals surface area contributed by atoms with E-state index < -0.39 is 0 Å². The van der Waals surface area contributed by atoms with Gasteiger partial charge in [-0.2, -0.15) is 0 Å². The number of hydrogen-bond acceptors (Lipinski definition) is 2. The minimum atomic E-state index is 0.0639. The molecule has 76 valence electrons. The quantitative estimate of drug-likeness (QED) is 0.779. The lowest BCUT2D eigenvalue weighted by Gasteiger charge is -2.13. The van der Waals surface area contributed by atoms with Crippen LogP contribution in [0, 0.1) is 0 Å². The average Bonchev–Trinajstić information content (AvgIpc) is 2.59. The molecule has 1 aromatic carbocycles. The molecule has 2 N–H and O–H groups in total. The van der Waals surface area contributed by atoms with Gasteiger partial charge in [0.2, 0.25) is 0 Å². The van der Waals surface area contributed by atoms with Gasteiger partial charge in [-0.15, -0.1) is 0 Å². The summed E-state index contributed by atoms with van der Waals surface area (Å²) in [5.41, 5.74) is 8.40. The molecule has 1 aromatic rings. The molecule has 1 aliphatic heterocycles. The van der Waals surface area contributed by atoms with Gasteiger partial charge in [0.05, 0.1) is 6.04 Å². The summed E-state index contributed by atoms with van der Waals surface area (Å²) in [5, 5.41) is 0. The van der Waals surface area contributed by atoms with Crippen molar-refractivity contribution < 1.29 is 4.74 Å². The van der Waals surface area contributed by atoms with E-state index in [1.54, 1.807) is 0 Å². The maximum Gasteiger partial charge on any atom is 0.127 e. The molecule has 2 atom stereocenters. The number of benzene rings is 1. The van der Waals surface area contributed by atoms with Crippen molar-refractivity contribution >= 4 is 0 Å². The zero-order chi connectivity index (χ0) is 10.1. The smallest absolute Gasteiger partial charge is 0.127 e. The maximum atomic E-state index is 5.93. The lowest BCUT2D eigenvalue weighted by atomic mass is 9.95. The van der Waals surface area contributed by atoms with Gasteiger partial charge in [-0.1, -0.05) is 32.0 Å². The van der Waals surface area contributed by atoms with Gasteiger partial charge in [-0.3, -0.25) is 0 Å². The molecule has 0 aliphatic carbocycles. The van der Waals surface area contributed by atoms with Gasteiger partial charge < -0.3 is 10.5 Å². The van der Waals surface area contributed by atoms with Crippen LogP contribution in [-0.2, 0) is 0 Å². The van der Waals surface area contributed by atoms with Crippen LogP contribution >= 0.6 is 0 Å². The molecule has 0 amide bonds. The molecule has 2 rings (SSSR count). The molecule has 0 saturated carbocycles. The average molecular weight is 191 g/mol. The van der Waals surface area contributed by atoms with E-state index >= 15 is 0 Å². The zero-order valence-corrected chi connectivity index (χ0v) is 8.79. The van der Waals surface area contributed by atoms with Crippen molar-refractivity contribution in [3.8, 4) is 5.75 Å². The van der Waals surface area contributed by atoms with Crippen LogP contribution in [0.5, 0.6) is 5.75 Å². The van der Waals surface area contributed by atoms with E-state index in [0.29, 0.717) is 12.5 Å². The predicted octanol–water partition coefficient (Wildman–Crippen LogP) is 2.59. The highest BCUT2D eigenvalue weighted by atomic mass is 16.5. The van der Waals surface area contributed by atoms with Crippen molar-refractivity contribution in [1.29, 1.82) is 0 Å². The minimum absolute atomic E-state index is 0.0639. The van der Waals surface area contributed by atoms with Crippen LogP contribution in [0.1, 0.15) is 43.4 Å². The van der Waals surface area contributed by atoms with E-state index in [2.05, 4.69) is 32.0 Å². The fourth-order valence-corrected chi connectivity index (χ4v) is 1.90. The molecule has 14 heavy (non-hydrogen) atoms. The van der Waals surface area contributed by atoms with E-state index in [4.69, 9.17) is 10.5 Å². The molecule has 2 unspecified atom stereocenters. The van der Waals surface area contributed by atoms with Crippen LogP contribution in [0.3, 0.4) is 0 Å². The normalized spacial score (nSPS) is 21.5. The van der Waals surface area contributed by atoms with Crippen molar-refractivity contribution in [2.75, 3.05) is 6.61 Å². The second-order valence-corrected chi connectivity index (χ2v) is 3.99. The third-order valence-corrected chi connectivity index (χ3v) is 3.03. The summed E-state index contributed by atoms with van der Waals surface area (Å²) in [6, 6.07) is 6.35. The summed E-state index contributed by atoms with van der Waals surface area (Å²) in [6.45, 7) is 5.05. The fourth-order valence-electron chi connectivity index (χ4n) is 1.90. The van der Waals surface area contributed by atoms with E-state index in [-0.39, 0.29) is 6.04 Å². The second kappa shape index (κ2) is 3.62. The Hall–Kier alpha value is -1.02. The number of rotatable bonds is 2. The lowest BCUT2D eigenvalue weighted by Crippen LogP contribution is -2.10. The molecule has 0 aromatic heterocycles. The van der Waals surface area contributed by atoms with Crippen LogP contribution < -0.4 is 10.5 Å². The Morgan fingerprint density at radius 3 is 3.07 bits per heavy atom. The summed E-state index contributed by atoms with van der Waals surface area (Å²) < 4.78 is 5.64. The highest BCUT2D eigenvalue weighted by Gasteiger charge is 2.24. The maximum absolute atomic E-state index is 5.93. The molecule has 1 heterocycles. The molecule has 2 nitrogen and oxygen atoms in total. The van der Waals surface area contributed by atoms with Crippen LogP contribution in [0.15, 0.2) is 18.2 Å². The monoisotopic (exact) mass is 191 g/mol. The van der Waals surface area contributed by atoms with Crippen LogP contribution in [0.2, 0.25) is 0 Å². The number of fused-ring (bicyclic) bond motifs is 1. The van der Waals surface area contributed by atoms with Crippen molar-refractivity contribution in [2.24, 2.45) is 5.73 Å². The Labute approximate surface area is 85.1 Å². The van der Waals surface area contributed by atoms with Gasteiger partial charge in [-0.05, 0) is 17.9 Å². The summed E-state index contributed by atoms with van der Waals surface area (Å²) in [7, 11) is 0. The van der Waals surface area contributed by atoms with Gasteiger partial charge >= 0.3 is 0 Å². The third kappa shape index (κ3) is 1.40. The topological polar surface area (TPSA) is 35.2 Å². The summed E-state index contributed by atoms with van der Waals surface area (Å²) >= 11 is 0. The van der Waals surface area contributed by atoms with Gasteiger partial charge in [-0.25, -0.2) is 0 Å². The molecule has 0 spiro atoms. The fraction of sp³-hybridized carbons (Fsp3) is 0.500. The SMILES string of the molecule is CCC(C)c1cccc2c1OCC2N. The van der Waals surface area contributed by atoms with Gasteiger partial charge in [0, 0.05) is 5.56 Å².